The standard InChI is InChI=1S/C32H44N2O/c1-4-5-6-7-8-9-10-11-12-13-14-17-24-35-31-23-21-28-18-15-16-19-29(28)32(31)34-33-30-22-20-26(2)25-27(30)3/h15-16,18-23,25H,4-14,17,24H2,1-3H3. The van der Waals surface area contributed by atoms with Crippen LogP contribution in [0.15, 0.2) is 64.8 Å². The normalized spacial score (nSPS) is 11.5. The molecule has 0 heterocycles. The molecule has 3 heteroatoms. The van der Waals surface area contributed by atoms with E-state index in [4.69, 9.17) is 4.74 Å². The van der Waals surface area contributed by atoms with Crippen molar-refractivity contribution in [2.75, 3.05) is 6.61 Å². The monoisotopic (exact) mass is 472 g/mol. The van der Waals surface area contributed by atoms with Crippen molar-refractivity contribution in [1.82, 2.24) is 0 Å². The fourth-order valence-electron chi connectivity index (χ4n) is 4.60. The SMILES string of the molecule is CCCCCCCCCCCCCCOc1ccc2ccccc2c1N=Nc1ccc(C)cc1C. The van der Waals surface area contributed by atoms with E-state index in [1.54, 1.807) is 0 Å². The van der Waals surface area contributed by atoms with E-state index >= 15 is 0 Å². The minimum Gasteiger partial charge on any atom is -0.491 e. The Labute approximate surface area is 213 Å². The minimum absolute atomic E-state index is 0.724. The first-order valence-electron chi connectivity index (χ1n) is 13.8. The van der Waals surface area contributed by atoms with Crippen molar-refractivity contribution in [3.63, 3.8) is 0 Å². The van der Waals surface area contributed by atoms with Gasteiger partial charge in [0.15, 0.2) is 0 Å². The number of hydrogen-bond acceptors (Lipinski definition) is 3. The molecule has 0 amide bonds. The fourth-order valence-corrected chi connectivity index (χ4v) is 4.60. The van der Waals surface area contributed by atoms with Crippen LogP contribution >= 0.6 is 0 Å². The largest absolute Gasteiger partial charge is 0.491 e. The molecule has 0 unspecified atom stereocenters. The molecule has 35 heavy (non-hydrogen) atoms. The highest BCUT2D eigenvalue weighted by Gasteiger charge is 2.09. The zero-order valence-corrected chi connectivity index (χ0v) is 22.2. The van der Waals surface area contributed by atoms with Crippen molar-refractivity contribution in [2.45, 2.75) is 97.8 Å². The second-order valence-electron chi connectivity index (χ2n) is 9.86. The van der Waals surface area contributed by atoms with Crippen molar-refractivity contribution in [3.8, 4) is 5.75 Å². The summed E-state index contributed by atoms with van der Waals surface area (Å²) in [4.78, 5) is 0. The van der Waals surface area contributed by atoms with Crippen LogP contribution < -0.4 is 4.74 Å². The van der Waals surface area contributed by atoms with Crippen molar-refractivity contribution >= 4 is 22.1 Å². The Morgan fingerprint density at radius 3 is 2.00 bits per heavy atom. The van der Waals surface area contributed by atoms with E-state index in [-0.39, 0.29) is 0 Å². The maximum atomic E-state index is 6.22. The number of aryl methyl sites for hydroxylation is 2. The molecule has 0 aliphatic heterocycles. The molecule has 0 saturated heterocycles. The van der Waals surface area contributed by atoms with Gasteiger partial charge in [-0.3, -0.25) is 0 Å². The maximum Gasteiger partial charge on any atom is 0.147 e. The summed E-state index contributed by atoms with van der Waals surface area (Å²) < 4.78 is 6.22. The van der Waals surface area contributed by atoms with Crippen LogP contribution in [-0.4, -0.2) is 6.61 Å². The molecule has 188 valence electrons. The van der Waals surface area contributed by atoms with Crippen molar-refractivity contribution in [1.29, 1.82) is 0 Å². The summed E-state index contributed by atoms with van der Waals surface area (Å²) in [6.45, 7) is 7.18. The van der Waals surface area contributed by atoms with E-state index in [1.165, 1.54) is 76.2 Å². The number of nitrogens with zero attached hydrogens (tertiary/aromatic N) is 2. The molecule has 0 radical (unpaired) electrons. The third-order valence-corrected chi connectivity index (χ3v) is 6.73. The van der Waals surface area contributed by atoms with Crippen LogP contribution in [-0.2, 0) is 0 Å². The van der Waals surface area contributed by atoms with E-state index in [1.807, 2.05) is 18.2 Å². The summed E-state index contributed by atoms with van der Waals surface area (Å²) in [6.07, 6.45) is 16.1. The maximum absolute atomic E-state index is 6.22. The molecule has 0 aliphatic carbocycles. The molecular formula is C32H44N2O. The molecule has 0 fully saturated rings. The third-order valence-electron chi connectivity index (χ3n) is 6.73. The molecule has 0 aliphatic rings. The number of rotatable bonds is 16. The first-order valence-corrected chi connectivity index (χ1v) is 13.8. The van der Waals surface area contributed by atoms with Gasteiger partial charge in [-0.15, -0.1) is 5.11 Å². The Morgan fingerprint density at radius 2 is 1.31 bits per heavy atom. The average molecular weight is 473 g/mol. The number of benzene rings is 3. The number of hydrogen-bond donors (Lipinski definition) is 0. The zero-order valence-electron chi connectivity index (χ0n) is 22.2. The van der Waals surface area contributed by atoms with E-state index in [0.29, 0.717) is 0 Å². The van der Waals surface area contributed by atoms with Crippen LogP contribution in [0.3, 0.4) is 0 Å². The van der Waals surface area contributed by atoms with Gasteiger partial charge in [0.2, 0.25) is 0 Å². The fraction of sp³-hybridized carbons (Fsp3) is 0.500. The topological polar surface area (TPSA) is 34.0 Å². The van der Waals surface area contributed by atoms with Crippen LogP contribution in [0.5, 0.6) is 5.75 Å². The lowest BCUT2D eigenvalue weighted by Crippen LogP contribution is -1.98. The van der Waals surface area contributed by atoms with Gasteiger partial charge in [0.05, 0.1) is 12.3 Å². The van der Waals surface area contributed by atoms with Gasteiger partial charge in [-0.25, -0.2) is 0 Å². The number of ether oxygens (including phenoxy) is 1. The van der Waals surface area contributed by atoms with Crippen LogP contribution in [0.4, 0.5) is 11.4 Å². The predicted molar refractivity (Wildman–Crippen MR) is 151 cm³/mol. The van der Waals surface area contributed by atoms with Crippen molar-refractivity contribution < 1.29 is 4.74 Å². The molecule has 0 atom stereocenters. The zero-order chi connectivity index (χ0) is 24.7. The highest BCUT2D eigenvalue weighted by Crippen LogP contribution is 2.37. The Balaban J connectivity index is 1.47. The molecule has 3 aromatic carbocycles. The van der Waals surface area contributed by atoms with Gasteiger partial charge in [0.1, 0.15) is 11.4 Å². The quantitative estimate of drug-likeness (QED) is 0.151. The Kier molecular flexibility index (Phi) is 11.8. The molecule has 0 bridgehead atoms. The predicted octanol–water partition coefficient (Wildman–Crippen LogP) is 11.0. The highest BCUT2D eigenvalue weighted by molar-refractivity contribution is 5.95. The Bertz CT molecular complexity index is 1060. The van der Waals surface area contributed by atoms with E-state index < -0.39 is 0 Å². The Morgan fingerprint density at radius 1 is 0.657 bits per heavy atom. The van der Waals surface area contributed by atoms with Gasteiger partial charge in [-0.05, 0) is 43.4 Å². The van der Waals surface area contributed by atoms with E-state index in [2.05, 4.69) is 67.4 Å². The summed E-state index contributed by atoms with van der Waals surface area (Å²) in [7, 11) is 0. The highest BCUT2D eigenvalue weighted by atomic mass is 16.5. The summed E-state index contributed by atoms with van der Waals surface area (Å²) in [5, 5.41) is 11.5. The molecule has 0 aromatic heterocycles. The molecule has 0 N–H and O–H groups in total. The molecule has 0 saturated carbocycles. The van der Waals surface area contributed by atoms with Gasteiger partial charge in [-0.2, -0.15) is 5.11 Å². The molecule has 3 aromatic rings. The summed E-state index contributed by atoms with van der Waals surface area (Å²) in [5.74, 6) is 0.820. The van der Waals surface area contributed by atoms with Gasteiger partial charge in [0, 0.05) is 5.39 Å². The van der Waals surface area contributed by atoms with Crippen LogP contribution in [0.1, 0.15) is 95.1 Å². The third kappa shape index (κ3) is 9.12. The number of azo groups is 1. The lowest BCUT2D eigenvalue weighted by Gasteiger charge is -2.11. The first-order chi connectivity index (χ1) is 17.2. The van der Waals surface area contributed by atoms with Crippen LogP contribution in [0.25, 0.3) is 10.8 Å². The molecule has 3 nitrogen and oxygen atoms in total. The number of fused-ring (bicyclic) bond motifs is 1. The van der Waals surface area contributed by atoms with Crippen LogP contribution in [0, 0.1) is 13.8 Å². The molecule has 3 rings (SSSR count). The van der Waals surface area contributed by atoms with E-state index in [9.17, 15) is 0 Å². The molecule has 0 spiro atoms. The first kappa shape index (κ1) is 26.9. The van der Waals surface area contributed by atoms with Crippen LogP contribution in [0.2, 0.25) is 0 Å². The Hall–Kier alpha value is -2.68. The lowest BCUT2D eigenvalue weighted by atomic mass is 10.1. The molecular weight excluding hydrogens is 428 g/mol. The van der Waals surface area contributed by atoms with Gasteiger partial charge >= 0.3 is 0 Å². The van der Waals surface area contributed by atoms with Crippen molar-refractivity contribution in [3.05, 3.63) is 65.7 Å². The second kappa shape index (κ2) is 15.3. The van der Waals surface area contributed by atoms with E-state index in [0.717, 1.165) is 46.5 Å². The van der Waals surface area contributed by atoms with Gasteiger partial charge in [0.25, 0.3) is 0 Å². The van der Waals surface area contributed by atoms with Crippen molar-refractivity contribution in [2.24, 2.45) is 10.2 Å². The minimum atomic E-state index is 0.724. The summed E-state index contributed by atoms with van der Waals surface area (Å²) in [5.41, 5.74) is 4.09. The van der Waals surface area contributed by atoms with Gasteiger partial charge in [-0.1, -0.05) is 126 Å². The lowest BCUT2D eigenvalue weighted by molar-refractivity contribution is 0.305. The van der Waals surface area contributed by atoms with Gasteiger partial charge < -0.3 is 4.74 Å². The summed E-state index contributed by atoms with van der Waals surface area (Å²) in [6, 6.07) is 18.7. The number of unbranched alkanes of at least 4 members (excludes halogenated alkanes) is 11. The smallest absolute Gasteiger partial charge is 0.147 e. The summed E-state index contributed by atoms with van der Waals surface area (Å²) >= 11 is 0. The second-order valence-corrected chi connectivity index (χ2v) is 9.86. The average Bonchev–Trinajstić information content (AvgIpc) is 2.86.